The highest BCUT2D eigenvalue weighted by Crippen LogP contribution is 2.32. The van der Waals surface area contributed by atoms with Crippen LogP contribution in [-0.4, -0.2) is 37.0 Å². The maximum Gasteiger partial charge on any atom is 0.308 e. The first-order valence-corrected chi connectivity index (χ1v) is 6.98. The highest BCUT2D eigenvalue weighted by molar-refractivity contribution is 5.79. The van der Waals surface area contributed by atoms with Crippen LogP contribution >= 0.6 is 0 Å². The summed E-state index contributed by atoms with van der Waals surface area (Å²) in [5, 5.41) is 0. The van der Waals surface area contributed by atoms with Gasteiger partial charge in [0.15, 0.2) is 0 Å². The van der Waals surface area contributed by atoms with Crippen molar-refractivity contribution in [2.24, 2.45) is 11.8 Å². The van der Waals surface area contributed by atoms with Gasteiger partial charge in [-0.25, -0.2) is 0 Å². The van der Waals surface area contributed by atoms with Crippen molar-refractivity contribution >= 4 is 11.9 Å². The molecule has 0 aromatic heterocycles. The second-order valence-corrected chi connectivity index (χ2v) is 5.61. The van der Waals surface area contributed by atoms with Crippen molar-refractivity contribution < 1.29 is 14.3 Å². The molecule has 0 radical (unpaired) electrons. The molecule has 0 aromatic carbocycles. The van der Waals surface area contributed by atoms with Gasteiger partial charge in [0.2, 0.25) is 5.91 Å². The predicted molar refractivity (Wildman–Crippen MR) is 67.9 cm³/mol. The van der Waals surface area contributed by atoms with Crippen molar-refractivity contribution in [2.45, 2.75) is 51.0 Å². The molecule has 0 saturated heterocycles. The largest absolute Gasteiger partial charge is 0.469 e. The molecule has 4 heteroatoms. The Morgan fingerprint density at radius 2 is 1.61 bits per heavy atom. The Bertz CT molecular complexity index is 317. The van der Waals surface area contributed by atoms with Crippen LogP contribution in [0.5, 0.6) is 0 Å². The van der Waals surface area contributed by atoms with E-state index in [4.69, 9.17) is 4.74 Å². The summed E-state index contributed by atoms with van der Waals surface area (Å²) in [5.41, 5.74) is 0. The molecule has 102 valence electrons. The molecule has 0 spiro atoms. The van der Waals surface area contributed by atoms with Crippen molar-refractivity contribution in [3.05, 3.63) is 0 Å². The number of esters is 1. The van der Waals surface area contributed by atoms with E-state index in [1.165, 1.54) is 13.5 Å². The average molecular weight is 253 g/mol. The molecular formula is C14H23NO3. The number of amides is 1. The Morgan fingerprint density at radius 1 is 1.00 bits per heavy atom. The average Bonchev–Trinajstić information content (AvgIpc) is 2.35. The van der Waals surface area contributed by atoms with Gasteiger partial charge in [-0.15, -0.1) is 0 Å². The molecule has 0 aromatic rings. The zero-order chi connectivity index (χ0) is 13.1. The third kappa shape index (κ3) is 2.68. The van der Waals surface area contributed by atoms with E-state index in [-0.39, 0.29) is 17.8 Å². The van der Waals surface area contributed by atoms with Gasteiger partial charge < -0.3 is 9.64 Å². The lowest BCUT2D eigenvalue weighted by Gasteiger charge is -2.37. The fourth-order valence-corrected chi connectivity index (χ4v) is 2.99. The van der Waals surface area contributed by atoms with E-state index in [1.807, 2.05) is 11.9 Å². The molecule has 2 fully saturated rings. The van der Waals surface area contributed by atoms with E-state index in [9.17, 15) is 9.59 Å². The van der Waals surface area contributed by atoms with Crippen molar-refractivity contribution in [1.29, 1.82) is 0 Å². The first kappa shape index (κ1) is 13.4. The molecule has 0 aliphatic heterocycles. The topological polar surface area (TPSA) is 46.6 Å². The Hall–Kier alpha value is -1.06. The number of methoxy groups -OCH3 is 1. The highest BCUT2D eigenvalue weighted by Gasteiger charge is 2.34. The number of carbonyl (C=O) groups is 2. The van der Waals surface area contributed by atoms with Gasteiger partial charge in [-0.3, -0.25) is 9.59 Å². The summed E-state index contributed by atoms with van der Waals surface area (Å²) in [7, 11) is 3.37. The van der Waals surface area contributed by atoms with Gasteiger partial charge in [0.25, 0.3) is 0 Å². The molecule has 1 amide bonds. The minimum Gasteiger partial charge on any atom is -0.469 e. The molecule has 0 unspecified atom stereocenters. The van der Waals surface area contributed by atoms with Gasteiger partial charge in [0, 0.05) is 19.0 Å². The molecule has 2 rings (SSSR count). The molecular weight excluding hydrogens is 230 g/mol. The van der Waals surface area contributed by atoms with Gasteiger partial charge in [-0.2, -0.15) is 0 Å². The quantitative estimate of drug-likeness (QED) is 0.722. The van der Waals surface area contributed by atoms with Gasteiger partial charge >= 0.3 is 5.97 Å². The van der Waals surface area contributed by atoms with Crippen molar-refractivity contribution in [2.75, 3.05) is 14.2 Å². The Kier molecular flexibility index (Phi) is 4.25. The molecule has 2 aliphatic rings. The van der Waals surface area contributed by atoms with E-state index in [0.717, 1.165) is 38.5 Å². The summed E-state index contributed by atoms with van der Waals surface area (Å²) in [6.45, 7) is 0. The predicted octanol–water partition coefficient (Wildman–Crippen LogP) is 1.98. The Labute approximate surface area is 109 Å². The highest BCUT2D eigenvalue weighted by atomic mass is 16.5. The first-order valence-electron chi connectivity index (χ1n) is 6.98. The third-order valence-electron chi connectivity index (χ3n) is 4.58. The fourth-order valence-electron chi connectivity index (χ4n) is 2.99. The molecule has 0 N–H and O–H groups in total. The summed E-state index contributed by atoms with van der Waals surface area (Å²) in [4.78, 5) is 25.5. The van der Waals surface area contributed by atoms with E-state index in [0.29, 0.717) is 11.9 Å². The lowest BCUT2D eigenvalue weighted by molar-refractivity contribution is -0.147. The minimum atomic E-state index is -0.0959. The normalized spacial score (nSPS) is 28.3. The molecule has 0 atom stereocenters. The van der Waals surface area contributed by atoms with Crippen LogP contribution in [-0.2, 0) is 14.3 Å². The first-order chi connectivity index (χ1) is 8.63. The van der Waals surface area contributed by atoms with Crippen LogP contribution in [0.2, 0.25) is 0 Å². The van der Waals surface area contributed by atoms with E-state index in [2.05, 4.69) is 0 Å². The van der Waals surface area contributed by atoms with Crippen molar-refractivity contribution in [3.8, 4) is 0 Å². The van der Waals surface area contributed by atoms with Crippen LogP contribution in [0.25, 0.3) is 0 Å². The van der Waals surface area contributed by atoms with E-state index in [1.54, 1.807) is 0 Å². The summed E-state index contributed by atoms with van der Waals surface area (Å²) in [6.07, 6.45) is 6.85. The van der Waals surface area contributed by atoms with Crippen LogP contribution in [0.4, 0.5) is 0 Å². The zero-order valence-corrected chi connectivity index (χ0v) is 11.4. The zero-order valence-electron chi connectivity index (χ0n) is 11.4. The molecule has 4 nitrogen and oxygen atoms in total. The summed E-state index contributed by atoms with van der Waals surface area (Å²) in [6, 6.07) is 0.319. The van der Waals surface area contributed by atoms with Crippen molar-refractivity contribution in [1.82, 2.24) is 4.90 Å². The lowest BCUT2D eigenvalue weighted by atomic mass is 9.82. The smallest absolute Gasteiger partial charge is 0.308 e. The SMILES string of the molecule is COC(=O)C1CCC(N(C)C(=O)C2CCC2)CC1. The van der Waals surface area contributed by atoms with Crippen LogP contribution in [0, 0.1) is 11.8 Å². The monoisotopic (exact) mass is 253 g/mol. The van der Waals surface area contributed by atoms with Crippen molar-refractivity contribution in [3.63, 3.8) is 0 Å². The van der Waals surface area contributed by atoms with Crippen LogP contribution in [0.3, 0.4) is 0 Å². The lowest BCUT2D eigenvalue weighted by Crippen LogP contribution is -2.44. The fraction of sp³-hybridized carbons (Fsp3) is 0.857. The maximum atomic E-state index is 12.1. The van der Waals surface area contributed by atoms with Crippen LogP contribution in [0.1, 0.15) is 44.9 Å². The number of nitrogens with zero attached hydrogens (tertiary/aromatic N) is 1. The standard InChI is InChI=1S/C14H23NO3/c1-15(13(16)10-4-3-5-10)12-8-6-11(7-9-12)14(17)18-2/h10-12H,3-9H2,1-2H3. The second-order valence-electron chi connectivity index (χ2n) is 5.61. The number of ether oxygens (including phenoxy) is 1. The van der Waals surface area contributed by atoms with Gasteiger partial charge in [-0.1, -0.05) is 6.42 Å². The third-order valence-corrected chi connectivity index (χ3v) is 4.58. The van der Waals surface area contributed by atoms with E-state index >= 15 is 0 Å². The van der Waals surface area contributed by atoms with Gasteiger partial charge in [-0.05, 0) is 38.5 Å². The minimum absolute atomic E-state index is 0.0402. The number of hydrogen-bond acceptors (Lipinski definition) is 3. The Balaban J connectivity index is 1.81. The van der Waals surface area contributed by atoms with Crippen LogP contribution in [0.15, 0.2) is 0 Å². The second kappa shape index (κ2) is 5.72. The Morgan fingerprint density at radius 3 is 2.06 bits per heavy atom. The molecule has 2 saturated carbocycles. The summed E-state index contributed by atoms with van der Waals surface area (Å²) in [5.74, 6) is 0.524. The molecule has 2 aliphatic carbocycles. The number of carbonyl (C=O) groups excluding carboxylic acids is 2. The molecule has 0 bridgehead atoms. The summed E-state index contributed by atoms with van der Waals surface area (Å²) >= 11 is 0. The molecule has 18 heavy (non-hydrogen) atoms. The molecule has 0 heterocycles. The number of rotatable bonds is 3. The van der Waals surface area contributed by atoms with Gasteiger partial charge in [0.1, 0.15) is 0 Å². The maximum absolute atomic E-state index is 12.1. The van der Waals surface area contributed by atoms with Crippen LogP contribution < -0.4 is 0 Å². The van der Waals surface area contributed by atoms with E-state index < -0.39 is 0 Å². The summed E-state index contributed by atoms with van der Waals surface area (Å²) < 4.78 is 4.78. The van der Waals surface area contributed by atoms with Gasteiger partial charge in [0.05, 0.1) is 13.0 Å². The number of hydrogen-bond donors (Lipinski definition) is 0.